The van der Waals surface area contributed by atoms with Gasteiger partial charge in [0.25, 0.3) is 5.91 Å². The number of hydrogen-bond donors (Lipinski definition) is 2. The first-order chi connectivity index (χ1) is 12.1. The van der Waals surface area contributed by atoms with Crippen molar-refractivity contribution in [3.63, 3.8) is 0 Å². The Kier molecular flexibility index (Phi) is 3.95. The van der Waals surface area contributed by atoms with E-state index in [1.54, 1.807) is 18.2 Å². The third-order valence-corrected chi connectivity index (χ3v) is 4.49. The summed E-state index contributed by atoms with van der Waals surface area (Å²) in [6.45, 7) is 0.332. The molecule has 4 amide bonds. The average molecular weight is 345 g/mol. The first-order valence-electron chi connectivity index (χ1n) is 8.40. The first kappa shape index (κ1) is 15.7. The number of hydrogen-bond acceptors (Lipinski definition) is 5. The number of amides is 4. The Hall–Kier alpha value is -2.77. The maximum atomic E-state index is 12.5. The zero-order valence-corrected chi connectivity index (χ0v) is 13.6. The Morgan fingerprint density at radius 1 is 1.24 bits per heavy atom. The minimum Gasteiger partial charge on any atom is -0.454 e. The molecule has 2 N–H and O–H groups in total. The highest BCUT2D eigenvalue weighted by Crippen LogP contribution is 2.33. The Bertz CT molecular complexity index is 731. The predicted molar refractivity (Wildman–Crippen MR) is 85.8 cm³/mol. The molecule has 2 aliphatic heterocycles. The molecule has 0 radical (unpaired) electrons. The molecule has 2 fully saturated rings. The summed E-state index contributed by atoms with van der Waals surface area (Å²) in [7, 11) is 0. The summed E-state index contributed by atoms with van der Waals surface area (Å²) < 4.78 is 10.6. The molecule has 3 aliphatic rings. The monoisotopic (exact) mass is 345 g/mol. The van der Waals surface area contributed by atoms with E-state index < -0.39 is 12.1 Å². The van der Waals surface area contributed by atoms with Gasteiger partial charge in [0.05, 0.1) is 6.54 Å². The van der Waals surface area contributed by atoms with Crippen LogP contribution in [0.1, 0.15) is 31.2 Å². The third kappa shape index (κ3) is 3.38. The number of nitrogens with zero attached hydrogens (tertiary/aromatic N) is 1. The van der Waals surface area contributed by atoms with Crippen molar-refractivity contribution in [2.24, 2.45) is 0 Å². The van der Waals surface area contributed by atoms with Crippen LogP contribution in [0.5, 0.6) is 11.5 Å². The second-order valence-corrected chi connectivity index (χ2v) is 6.49. The van der Waals surface area contributed by atoms with E-state index >= 15 is 0 Å². The van der Waals surface area contributed by atoms with E-state index in [-0.39, 0.29) is 31.6 Å². The lowest BCUT2D eigenvalue weighted by Gasteiger charge is -2.13. The van der Waals surface area contributed by atoms with Gasteiger partial charge >= 0.3 is 6.03 Å². The number of fused-ring (bicyclic) bond motifs is 1. The molecular weight excluding hydrogens is 326 g/mol. The van der Waals surface area contributed by atoms with E-state index in [2.05, 4.69) is 10.6 Å². The van der Waals surface area contributed by atoms with Gasteiger partial charge < -0.3 is 20.1 Å². The maximum absolute atomic E-state index is 12.5. The molecular formula is C17H19N3O5. The van der Waals surface area contributed by atoms with Crippen LogP contribution >= 0.6 is 0 Å². The van der Waals surface area contributed by atoms with Gasteiger partial charge in [-0.1, -0.05) is 6.07 Å². The second-order valence-electron chi connectivity index (χ2n) is 6.49. The summed E-state index contributed by atoms with van der Waals surface area (Å²) in [5, 5.41) is 5.53. The highest BCUT2D eigenvalue weighted by atomic mass is 16.7. The fourth-order valence-electron chi connectivity index (χ4n) is 2.95. The number of rotatable bonds is 6. The Morgan fingerprint density at radius 3 is 2.84 bits per heavy atom. The maximum Gasteiger partial charge on any atom is 0.325 e. The first-order valence-corrected chi connectivity index (χ1v) is 8.40. The molecule has 1 aliphatic carbocycles. The summed E-state index contributed by atoms with van der Waals surface area (Å²) in [6, 6.07) is 4.53. The number of urea groups is 1. The molecule has 1 aromatic carbocycles. The van der Waals surface area contributed by atoms with Crippen molar-refractivity contribution in [2.75, 3.05) is 6.79 Å². The van der Waals surface area contributed by atoms with Crippen LogP contribution in [0.15, 0.2) is 18.2 Å². The molecule has 8 heteroatoms. The van der Waals surface area contributed by atoms with Gasteiger partial charge in [0.15, 0.2) is 11.5 Å². The molecule has 0 bridgehead atoms. The topological polar surface area (TPSA) is 97.0 Å². The van der Waals surface area contributed by atoms with Gasteiger partial charge in [-0.15, -0.1) is 0 Å². The standard InChI is InChI=1S/C17H19N3O5/c21-15(18-11-2-3-11)6-4-12-16(22)20(17(23)19-12)8-10-1-5-13-14(7-10)25-9-24-13/h1,5,7,11-12H,2-4,6,8-9H2,(H,18,21)(H,19,23)/t12-/m0/s1. The van der Waals surface area contributed by atoms with Crippen molar-refractivity contribution < 1.29 is 23.9 Å². The summed E-state index contributed by atoms with van der Waals surface area (Å²) in [5.41, 5.74) is 0.778. The SMILES string of the molecule is O=C(CC[C@@H]1NC(=O)N(Cc2ccc3c(c2)OCO3)C1=O)NC1CC1. The van der Waals surface area contributed by atoms with Crippen molar-refractivity contribution in [2.45, 2.75) is 44.3 Å². The van der Waals surface area contributed by atoms with E-state index in [1.165, 1.54) is 4.90 Å². The van der Waals surface area contributed by atoms with E-state index in [1.807, 2.05) is 0 Å². The number of imide groups is 1. The summed E-state index contributed by atoms with van der Waals surface area (Å²) in [4.78, 5) is 37.5. The van der Waals surface area contributed by atoms with Crippen molar-refractivity contribution in [3.8, 4) is 11.5 Å². The van der Waals surface area contributed by atoms with Crippen LogP contribution in [0.25, 0.3) is 0 Å². The van der Waals surface area contributed by atoms with Gasteiger partial charge in [0, 0.05) is 12.5 Å². The lowest BCUT2D eigenvalue weighted by Crippen LogP contribution is -2.33. The highest BCUT2D eigenvalue weighted by molar-refractivity contribution is 6.04. The summed E-state index contributed by atoms with van der Waals surface area (Å²) in [6.07, 6.45) is 2.58. The highest BCUT2D eigenvalue weighted by Gasteiger charge is 2.38. The molecule has 1 saturated heterocycles. The van der Waals surface area contributed by atoms with Gasteiger partial charge in [-0.2, -0.15) is 0 Å². The number of carbonyl (C=O) groups is 3. The van der Waals surface area contributed by atoms with Crippen LogP contribution in [0, 0.1) is 0 Å². The summed E-state index contributed by atoms with van der Waals surface area (Å²) in [5.74, 6) is 0.888. The molecule has 2 heterocycles. The number of carbonyl (C=O) groups excluding carboxylic acids is 3. The van der Waals surface area contributed by atoms with Crippen LogP contribution in [-0.4, -0.2) is 41.6 Å². The third-order valence-electron chi connectivity index (χ3n) is 4.49. The van der Waals surface area contributed by atoms with Crippen LogP contribution < -0.4 is 20.1 Å². The Labute approximate surface area is 144 Å². The zero-order valence-electron chi connectivity index (χ0n) is 13.6. The van der Waals surface area contributed by atoms with Gasteiger partial charge in [0.2, 0.25) is 12.7 Å². The van der Waals surface area contributed by atoms with Crippen LogP contribution in [0.4, 0.5) is 4.79 Å². The quantitative estimate of drug-likeness (QED) is 0.747. The molecule has 8 nitrogen and oxygen atoms in total. The molecule has 0 unspecified atom stereocenters. The molecule has 1 aromatic rings. The minimum atomic E-state index is -0.647. The van der Waals surface area contributed by atoms with E-state index in [4.69, 9.17) is 9.47 Å². The van der Waals surface area contributed by atoms with E-state index in [0.29, 0.717) is 24.0 Å². The number of nitrogens with one attached hydrogen (secondary N) is 2. The molecule has 1 saturated carbocycles. The second kappa shape index (κ2) is 6.27. The van der Waals surface area contributed by atoms with Crippen molar-refractivity contribution >= 4 is 17.8 Å². The fraction of sp³-hybridized carbons (Fsp3) is 0.471. The zero-order chi connectivity index (χ0) is 17.4. The molecule has 25 heavy (non-hydrogen) atoms. The van der Waals surface area contributed by atoms with Crippen molar-refractivity contribution in [1.29, 1.82) is 0 Å². The van der Waals surface area contributed by atoms with Crippen molar-refractivity contribution in [1.82, 2.24) is 15.5 Å². The lowest BCUT2D eigenvalue weighted by atomic mass is 10.1. The predicted octanol–water partition coefficient (Wildman–Crippen LogP) is 0.894. The molecule has 4 rings (SSSR count). The van der Waals surface area contributed by atoms with Crippen molar-refractivity contribution in [3.05, 3.63) is 23.8 Å². The van der Waals surface area contributed by atoms with Gasteiger partial charge in [-0.3, -0.25) is 14.5 Å². The van der Waals surface area contributed by atoms with Crippen LogP contribution in [0.3, 0.4) is 0 Å². The Balaban J connectivity index is 1.35. The average Bonchev–Trinajstić information content (AvgIpc) is 3.21. The van der Waals surface area contributed by atoms with E-state index in [0.717, 1.165) is 18.4 Å². The van der Waals surface area contributed by atoms with Crippen LogP contribution in [-0.2, 0) is 16.1 Å². The Morgan fingerprint density at radius 2 is 2.04 bits per heavy atom. The normalized spacial score (nSPS) is 21.4. The number of benzene rings is 1. The number of ether oxygens (including phenoxy) is 2. The van der Waals surface area contributed by atoms with Gasteiger partial charge in [-0.05, 0) is 37.0 Å². The summed E-state index contributed by atoms with van der Waals surface area (Å²) >= 11 is 0. The van der Waals surface area contributed by atoms with Gasteiger partial charge in [-0.25, -0.2) is 4.79 Å². The smallest absolute Gasteiger partial charge is 0.325 e. The molecule has 0 spiro atoms. The van der Waals surface area contributed by atoms with E-state index in [9.17, 15) is 14.4 Å². The fourth-order valence-corrected chi connectivity index (χ4v) is 2.95. The minimum absolute atomic E-state index is 0.0706. The molecule has 1 atom stereocenters. The largest absolute Gasteiger partial charge is 0.454 e. The molecule has 132 valence electrons. The van der Waals surface area contributed by atoms with Crippen LogP contribution in [0.2, 0.25) is 0 Å². The molecule has 0 aromatic heterocycles. The lowest BCUT2D eigenvalue weighted by molar-refractivity contribution is -0.128. The van der Waals surface area contributed by atoms with Gasteiger partial charge in [0.1, 0.15) is 6.04 Å².